The summed E-state index contributed by atoms with van der Waals surface area (Å²) in [5.74, 6) is 0. The van der Waals surface area contributed by atoms with Gasteiger partial charge in [-0.25, -0.2) is 4.79 Å². The summed E-state index contributed by atoms with van der Waals surface area (Å²) in [5, 5.41) is 0. The van der Waals surface area contributed by atoms with Crippen LogP contribution < -0.4 is 0 Å². The van der Waals surface area contributed by atoms with Gasteiger partial charge >= 0.3 is 5.43 Å². The molecule has 0 heterocycles. The Morgan fingerprint density at radius 3 is 2.64 bits per heavy atom. The van der Waals surface area contributed by atoms with Crippen molar-refractivity contribution in [3.05, 3.63) is 48.6 Å². The molecule has 0 aliphatic carbocycles. The second-order valence-corrected chi connectivity index (χ2v) is 3.09. The van der Waals surface area contributed by atoms with Crippen molar-refractivity contribution >= 4 is 17.0 Å². The molecule has 0 aliphatic heterocycles. The van der Waals surface area contributed by atoms with Crippen molar-refractivity contribution in [3.63, 3.8) is 0 Å². The highest BCUT2D eigenvalue weighted by atomic mass is 35.5. The van der Waals surface area contributed by atoms with E-state index in [1.54, 1.807) is 6.08 Å². The Hall–Kier alpha value is -1.28. The molecule has 1 aromatic carbocycles. The molecule has 3 heteroatoms. The fourth-order valence-corrected chi connectivity index (χ4v) is 1.29. The number of rotatable bonds is 4. The molecule has 0 aromatic heterocycles. The van der Waals surface area contributed by atoms with Crippen molar-refractivity contribution < 1.29 is 9.53 Å². The molecule has 0 N–H and O–H groups in total. The highest BCUT2D eigenvalue weighted by Gasteiger charge is 2.12. The summed E-state index contributed by atoms with van der Waals surface area (Å²) in [4.78, 5) is 10.6. The number of hydrogen-bond acceptors (Lipinski definition) is 2. The quantitative estimate of drug-likeness (QED) is 0.560. The first-order valence-corrected chi connectivity index (χ1v) is 4.64. The number of carbonyl (C=O) groups excluding carboxylic acids is 1. The Bertz CT molecular complexity index is 308. The first-order chi connectivity index (χ1) is 6.74. The van der Waals surface area contributed by atoms with Crippen LogP contribution in [0.15, 0.2) is 43.0 Å². The van der Waals surface area contributed by atoms with E-state index >= 15 is 0 Å². The van der Waals surface area contributed by atoms with Gasteiger partial charge in [0.1, 0.15) is 6.10 Å². The van der Waals surface area contributed by atoms with Crippen LogP contribution in [0, 0.1) is 0 Å². The van der Waals surface area contributed by atoms with Crippen LogP contribution in [-0.4, -0.2) is 5.43 Å². The van der Waals surface area contributed by atoms with Crippen molar-refractivity contribution in [1.82, 2.24) is 0 Å². The van der Waals surface area contributed by atoms with Crippen LogP contribution in [0.5, 0.6) is 0 Å². The summed E-state index contributed by atoms with van der Waals surface area (Å²) in [6.45, 7) is 3.60. The van der Waals surface area contributed by atoms with Gasteiger partial charge < -0.3 is 4.74 Å². The predicted molar refractivity (Wildman–Crippen MR) is 56.3 cm³/mol. The minimum Gasteiger partial charge on any atom is -0.445 e. The maximum Gasteiger partial charge on any atom is 0.404 e. The van der Waals surface area contributed by atoms with Gasteiger partial charge in [0.2, 0.25) is 0 Å². The zero-order chi connectivity index (χ0) is 10.4. The molecular weight excluding hydrogens is 200 g/mol. The van der Waals surface area contributed by atoms with Gasteiger partial charge in [-0.1, -0.05) is 36.4 Å². The molecule has 14 heavy (non-hydrogen) atoms. The lowest BCUT2D eigenvalue weighted by atomic mass is 10.1. The first kappa shape index (κ1) is 10.8. The molecule has 1 atom stereocenters. The van der Waals surface area contributed by atoms with Crippen LogP contribution in [0.3, 0.4) is 0 Å². The summed E-state index contributed by atoms with van der Waals surface area (Å²) in [6.07, 6.45) is 1.92. The Balaban J connectivity index is 2.77. The third-order valence-electron chi connectivity index (χ3n) is 1.79. The maximum atomic E-state index is 10.6. The second kappa shape index (κ2) is 5.45. The minimum absolute atomic E-state index is 0.335. The maximum absolute atomic E-state index is 10.6. The zero-order valence-corrected chi connectivity index (χ0v) is 8.41. The molecule has 1 rings (SSSR count). The normalized spacial score (nSPS) is 11.8. The zero-order valence-electron chi connectivity index (χ0n) is 7.65. The van der Waals surface area contributed by atoms with E-state index in [0.717, 1.165) is 5.56 Å². The average molecular weight is 211 g/mol. The lowest BCUT2D eigenvalue weighted by Gasteiger charge is -2.14. The number of ether oxygens (including phenoxy) is 1. The summed E-state index contributed by atoms with van der Waals surface area (Å²) in [6, 6.07) is 9.43. The summed E-state index contributed by atoms with van der Waals surface area (Å²) >= 11 is 5.16. The SMILES string of the molecule is C=CCC(OC(=O)Cl)c1ccccc1. The van der Waals surface area contributed by atoms with E-state index in [1.165, 1.54) is 0 Å². The number of halogens is 1. The van der Waals surface area contributed by atoms with Gasteiger partial charge in [-0.3, -0.25) is 0 Å². The minimum atomic E-state index is -0.791. The Morgan fingerprint density at radius 1 is 1.50 bits per heavy atom. The van der Waals surface area contributed by atoms with Gasteiger partial charge in [-0.05, 0) is 5.56 Å². The third kappa shape index (κ3) is 3.23. The molecule has 74 valence electrons. The highest BCUT2D eigenvalue weighted by Crippen LogP contribution is 2.22. The molecule has 1 unspecified atom stereocenters. The topological polar surface area (TPSA) is 26.3 Å². The van der Waals surface area contributed by atoms with Gasteiger partial charge in [0, 0.05) is 18.0 Å². The molecule has 0 aliphatic rings. The van der Waals surface area contributed by atoms with Gasteiger partial charge in [0.25, 0.3) is 0 Å². The largest absolute Gasteiger partial charge is 0.445 e. The van der Waals surface area contributed by atoms with Gasteiger partial charge in [0.15, 0.2) is 0 Å². The van der Waals surface area contributed by atoms with Crippen LogP contribution in [0.2, 0.25) is 0 Å². The molecular formula is C11H11ClO2. The van der Waals surface area contributed by atoms with Crippen LogP contribution in [-0.2, 0) is 4.74 Å². The third-order valence-corrected chi connectivity index (χ3v) is 1.88. The molecule has 0 amide bonds. The van der Waals surface area contributed by atoms with E-state index < -0.39 is 5.43 Å². The lowest BCUT2D eigenvalue weighted by Crippen LogP contribution is -2.04. The van der Waals surface area contributed by atoms with Crippen molar-refractivity contribution in [2.24, 2.45) is 0 Å². The number of benzene rings is 1. The van der Waals surface area contributed by atoms with Crippen molar-refractivity contribution in [2.45, 2.75) is 12.5 Å². The van der Waals surface area contributed by atoms with E-state index in [4.69, 9.17) is 16.3 Å². The predicted octanol–water partition coefficient (Wildman–Crippen LogP) is 3.68. The van der Waals surface area contributed by atoms with Gasteiger partial charge in [-0.15, -0.1) is 6.58 Å². The van der Waals surface area contributed by atoms with Crippen LogP contribution >= 0.6 is 11.6 Å². The molecule has 0 bridgehead atoms. The smallest absolute Gasteiger partial charge is 0.404 e. The van der Waals surface area contributed by atoms with E-state index in [2.05, 4.69) is 6.58 Å². The molecule has 0 radical (unpaired) electrons. The van der Waals surface area contributed by atoms with Crippen LogP contribution in [0.1, 0.15) is 18.1 Å². The number of carbonyl (C=O) groups is 1. The highest BCUT2D eigenvalue weighted by molar-refractivity contribution is 6.61. The first-order valence-electron chi connectivity index (χ1n) is 4.26. The van der Waals surface area contributed by atoms with Crippen molar-refractivity contribution in [1.29, 1.82) is 0 Å². The standard InChI is InChI=1S/C11H11ClO2/c1-2-6-10(14-11(12)13)9-7-4-3-5-8-9/h2-5,7-8,10H,1,6H2. The van der Waals surface area contributed by atoms with Crippen LogP contribution in [0.25, 0.3) is 0 Å². The fraction of sp³-hybridized carbons (Fsp3) is 0.182. The monoisotopic (exact) mass is 210 g/mol. The summed E-state index contributed by atoms with van der Waals surface area (Å²) in [5.41, 5.74) is 0.127. The second-order valence-electron chi connectivity index (χ2n) is 2.78. The van der Waals surface area contributed by atoms with E-state index in [1.807, 2.05) is 30.3 Å². The molecule has 0 saturated carbocycles. The molecule has 0 fully saturated rings. The Labute approximate surface area is 88.1 Å². The van der Waals surface area contributed by atoms with Crippen LogP contribution in [0.4, 0.5) is 4.79 Å². The Morgan fingerprint density at radius 2 is 2.14 bits per heavy atom. The Kier molecular flexibility index (Phi) is 4.20. The van der Waals surface area contributed by atoms with Gasteiger partial charge in [0.05, 0.1) is 0 Å². The molecule has 0 saturated heterocycles. The average Bonchev–Trinajstić information content (AvgIpc) is 2.18. The fourth-order valence-electron chi connectivity index (χ4n) is 1.18. The molecule has 0 spiro atoms. The molecule has 2 nitrogen and oxygen atoms in total. The van der Waals surface area contributed by atoms with Crippen molar-refractivity contribution in [3.8, 4) is 0 Å². The lowest BCUT2D eigenvalue weighted by molar-refractivity contribution is 0.123. The van der Waals surface area contributed by atoms with E-state index in [-0.39, 0.29) is 6.10 Å². The number of hydrogen-bond donors (Lipinski definition) is 0. The van der Waals surface area contributed by atoms with Gasteiger partial charge in [-0.2, -0.15) is 0 Å². The summed E-state index contributed by atoms with van der Waals surface area (Å²) in [7, 11) is 0. The van der Waals surface area contributed by atoms with E-state index in [9.17, 15) is 4.79 Å². The van der Waals surface area contributed by atoms with Crippen molar-refractivity contribution in [2.75, 3.05) is 0 Å². The molecule has 1 aromatic rings. The van der Waals surface area contributed by atoms with E-state index in [0.29, 0.717) is 6.42 Å². The summed E-state index contributed by atoms with van der Waals surface area (Å²) < 4.78 is 4.93.